The molecule has 0 aliphatic heterocycles. The van der Waals surface area contributed by atoms with E-state index in [1.54, 1.807) is 24.3 Å². The second-order valence-corrected chi connectivity index (χ2v) is 6.49. The maximum atomic E-state index is 11.4. The lowest BCUT2D eigenvalue weighted by atomic mass is 9.85. The van der Waals surface area contributed by atoms with Crippen molar-refractivity contribution in [3.8, 4) is 11.3 Å². The molecule has 1 heterocycles. The summed E-state index contributed by atoms with van der Waals surface area (Å²) in [5, 5.41) is 10.6. The summed E-state index contributed by atoms with van der Waals surface area (Å²) in [5.74, 6) is -1.36. The number of benzene rings is 1. The number of rotatable bonds is 2. The lowest BCUT2D eigenvalue weighted by Crippen LogP contribution is -2.19. The number of hydrogen-bond acceptors (Lipinski definition) is 2. The Kier molecular flexibility index (Phi) is 4.31. The van der Waals surface area contributed by atoms with Gasteiger partial charge in [-0.05, 0) is 43.0 Å². The van der Waals surface area contributed by atoms with Gasteiger partial charge >= 0.3 is 5.97 Å². The van der Waals surface area contributed by atoms with Crippen molar-refractivity contribution in [1.29, 1.82) is 0 Å². The Morgan fingerprint density at radius 1 is 1.14 bits per heavy atom. The Balaban J connectivity index is 2.11. The Morgan fingerprint density at radius 3 is 2.59 bits per heavy atom. The lowest BCUT2D eigenvalue weighted by Gasteiger charge is -2.22. The van der Waals surface area contributed by atoms with Crippen molar-refractivity contribution in [1.82, 2.24) is 4.98 Å². The van der Waals surface area contributed by atoms with Gasteiger partial charge in [0.25, 0.3) is 0 Å². The number of aryl methyl sites for hydroxylation is 1. The van der Waals surface area contributed by atoms with Crippen LogP contribution < -0.4 is 0 Å². The van der Waals surface area contributed by atoms with Gasteiger partial charge in [-0.3, -0.25) is 9.78 Å². The maximum absolute atomic E-state index is 11.4. The quantitative estimate of drug-likeness (QED) is 0.803. The van der Waals surface area contributed by atoms with E-state index in [-0.39, 0.29) is 0 Å². The smallest absolute Gasteiger partial charge is 0.311 e. The molecule has 114 valence electrons. The van der Waals surface area contributed by atoms with E-state index >= 15 is 0 Å². The van der Waals surface area contributed by atoms with Gasteiger partial charge < -0.3 is 5.11 Å². The zero-order valence-electron chi connectivity index (χ0n) is 11.4. The van der Waals surface area contributed by atoms with Crippen LogP contribution in [0, 0.1) is 0 Å². The van der Waals surface area contributed by atoms with Gasteiger partial charge in [-0.2, -0.15) is 0 Å². The first-order valence-electron chi connectivity index (χ1n) is 6.85. The van der Waals surface area contributed by atoms with Crippen LogP contribution in [0.25, 0.3) is 11.3 Å². The van der Waals surface area contributed by atoms with Crippen LogP contribution in [-0.4, -0.2) is 16.1 Å². The van der Waals surface area contributed by atoms with Crippen LogP contribution >= 0.6 is 34.8 Å². The second-order valence-electron chi connectivity index (χ2n) is 5.27. The lowest BCUT2D eigenvalue weighted by molar-refractivity contribution is -0.139. The third-order valence-corrected chi connectivity index (χ3v) is 4.89. The van der Waals surface area contributed by atoms with Gasteiger partial charge in [0.15, 0.2) is 0 Å². The summed E-state index contributed by atoms with van der Waals surface area (Å²) in [6.07, 6.45) is 2.18. The average Bonchev–Trinajstić information content (AvgIpc) is 2.48. The van der Waals surface area contributed by atoms with Crippen molar-refractivity contribution in [2.45, 2.75) is 25.2 Å². The highest BCUT2D eigenvalue weighted by Gasteiger charge is 2.28. The van der Waals surface area contributed by atoms with Crippen LogP contribution in [-0.2, 0) is 11.2 Å². The van der Waals surface area contributed by atoms with Crippen molar-refractivity contribution in [3.05, 3.63) is 50.6 Å². The van der Waals surface area contributed by atoms with Gasteiger partial charge in [0, 0.05) is 11.3 Å². The molecule has 3 nitrogen and oxygen atoms in total. The fourth-order valence-electron chi connectivity index (χ4n) is 2.77. The van der Waals surface area contributed by atoms with Crippen LogP contribution in [0.5, 0.6) is 0 Å². The molecule has 1 aromatic heterocycles. The second kappa shape index (κ2) is 6.07. The summed E-state index contributed by atoms with van der Waals surface area (Å²) in [6.45, 7) is 0. The SMILES string of the molecule is O=C(O)C1CCCc2nc(-c3ccc(Cl)c(Cl)c3)c(Cl)cc21. The minimum Gasteiger partial charge on any atom is -0.481 e. The van der Waals surface area contributed by atoms with Crippen molar-refractivity contribution in [2.24, 2.45) is 0 Å². The Labute approximate surface area is 142 Å². The molecule has 3 rings (SSSR count). The van der Waals surface area contributed by atoms with Crippen LogP contribution in [0.3, 0.4) is 0 Å². The highest BCUT2D eigenvalue weighted by Crippen LogP contribution is 2.37. The summed E-state index contributed by atoms with van der Waals surface area (Å²) >= 11 is 18.3. The van der Waals surface area contributed by atoms with Gasteiger partial charge in [-0.1, -0.05) is 40.9 Å². The molecule has 6 heteroatoms. The van der Waals surface area contributed by atoms with E-state index in [0.29, 0.717) is 32.7 Å². The molecular weight excluding hydrogens is 345 g/mol. The fourth-order valence-corrected chi connectivity index (χ4v) is 3.34. The average molecular weight is 357 g/mol. The molecular formula is C16H12Cl3NO2. The summed E-state index contributed by atoms with van der Waals surface area (Å²) in [5.41, 5.74) is 2.88. The van der Waals surface area contributed by atoms with Crippen molar-refractivity contribution in [3.63, 3.8) is 0 Å². The van der Waals surface area contributed by atoms with Gasteiger partial charge in [0.1, 0.15) is 0 Å². The molecule has 0 bridgehead atoms. The van der Waals surface area contributed by atoms with Gasteiger partial charge in [0.05, 0.1) is 26.7 Å². The number of halogens is 3. The van der Waals surface area contributed by atoms with Crippen LogP contribution in [0.1, 0.15) is 30.0 Å². The molecule has 0 spiro atoms. The van der Waals surface area contributed by atoms with Crippen molar-refractivity contribution >= 4 is 40.8 Å². The molecule has 1 atom stereocenters. The zero-order valence-corrected chi connectivity index (χ0v) is 13.7. The number of carboxylic acids is 1. The molecule has 1 aliphatic rings. The van der Waals surface area contributed by atoms with Gasteiger partial charge in [-0.15, -0.1) is 0 Å². The Morgan fingerprint density at radius 2 is 1.91 bits per heavy atom. The van der Waals surface area contributed by atoms with Crippen molar-refractivity contribution < 1.29 is 9.90 Å². The number of carbonyl (C=O) groups is 1. The first kappa shape index (κ1) is 15.6. The first-order chi connectivity index (χ1) is 10.5. The maximum Gasteiger partial charge on any atom is 0.311 e. The van der Waals surface area contributed by atoms with E-state index < -0.39 is 11.9 Å². The predicted molar refractivity (Wildman–Crippen MR) is 88.0 cm³/mol. The van der Waals surface area contributed by atoms with E-state index in [0.717, 1.165) is 24.1 Å². The highest BCUT2D eigenvalue weighted by molar-refractivity contribution is 6.42. The molecule has 0 fully saturated rings. The van der Waals surface area contributed by atoms with E-state index in [9.17, 15) is 9.90 Å². The topological polar surface area (TPSA) is 50.2 Å². The Bertz CT molecular complexity index is 761. The standard InChI is InChI=1S/C16H12Cl3NO2/c17-11-5-4-8(6-12(11)18)15-13(19)7-10-9(16(21)22)2-1-3-14(10)20-15/h4-7,9H,1-3H2,(H,21,22). The van der Waals surface area contributed by atoms with Gasteiger partial charge in [-0.25, -0.2) is 0 Å². The molecule has 0 saturated heterocycles. The summed E-state index contributed by atoms with van der Waals surface area (Å²) in [4.78, 5) is 16.0. The van der Waals surface area contributed by atoms with E-state index in [4.69, 9.17) is 34.8 Å². The summed E-state index contributed by atoms with van der Waals surface area (Å²) in [7, 11) is 0. The van der Waals surface area contributed by atoms with Crippen LogP contribution in [0.4, 0.5) is 0 Å². The Hall–Kier alpha value is -1.29. The number of carboxylic acid groups (broad SMARTS) is 1. The number of pyridine rings is 1. The predicted octanol–water partition coefficient (Wildman–Crippen LogP) is 5.21. The highest BCUT2D eigenvalue weighted by atomic mass is 35.5. The molecule has 0 saturated carbocycles. The zero-order chi connectivity index (χ0) is 15.9. The molecule has 1 aromatic carbocycles. The van der Waals surface area contributed by atoms with E-state index in [2.05, 4.69) is 4.98 Å². The molecule has 1 aliphatic carbocycles. The molecule has 1 unspecified atom stereocenters. The monoisotopic (exact) mass is 355 g/mol. The van der Waals surface area contributed by atoms with Crippen LogP contribution in [0.15, 0.2) is 24.3 Å². The number of aromatic nitrogens is 1. The number of nitrogens with zero attached hydrogens (tertiary/aromatic N) is 1. The number of hydrogen-bond donors (Lipinski definition) is 1. The molecule has 0 amide bonds. The molecule has 2 aromatic rings. The van der Waals surface area contributed by atoms with E-state index in [1.165, 1.54) is 0 Å². The molecule has 22 heavy (non-hydrogen) atoms. The largest absolute Gasteiger partial charge is 0.481 e. The fraction of sp³-hybridized carbons (Fsp3) is 0.250. The van der Waals surface area contributed by atoms with Gasteiger partial charge in [0.2, 0.25) is 0 Å². The molecule has 1 N–H and O–H groups in total. The van der Waals surface area contributed by atoms with Crippen LogP contribution in [0.2, 0.25) is 15.1 Å². The third kappa shape index (κ3) is 2.81. The minimum atomic E-state index is -0.832. The minimum absolute atomic E-state index is 0.422. The van der Waals surface area contributed by atoms with Crippen molar-refractivity contribution in [2.75, 3.05) is 0 Å². The normalized spacial score (nSPS) is 17.1. The number of fused-ring (bicyclic) bond motifs is 1. The first-order valence-corrected chi connectivity index (χ1v) is 7.98. The van der Waals surface area contributed by atoms with E-state index in [1.807, 2.05) is 0 Å². The molecule has 0 radical (unpaired) electrons. The third-order valence-electron chi connectivity index (χ3n) is 3.86. The summed E-state index contributed by atoms with van der Waals surface area (Å²) < 4.78 is 0. The summed E-state index contributed by atoms with van der Waals surface area (Å²) in [6, 6.07) is 6.92. The number of aliphatic carboxylic acids is 1.